The fourth-order valence-corrected chi connectivity index (χ4v) is 4.45. The van der Waals surface area contributed by atoms with Crippen molar-refractivity contribution in [2.24, 2.45) is 7.05 Å². The molecule has 0 aliphatic carbocycles. The zero-order valence-corrected chi connectivity index (χ0v) is 18.1. The van der Waals surface area contributed by atoms with E-state index in [-0.39, 0.29) is 23.4 Å². The molecule has 5 rings (SSSR count). The van der Waals surface area contributed by atoms with E-state index >= 15 is 0 Å². The highest BCUT2D eigenvalue weighted by Gasteiger charge is 2.35. The highest BCUT2D eigenvalue weighted by molar-refractivity contribution is 5.98. The molecule has 7 nitrogen and oxygen atoms in total. The Morgan fingerprint density at radius 1 is 1.03 bits per heavy atom. The van der Waals surface area contributed by atoms with E-state index in [0.29, 0.717) is 23.4 Å². The van der Waals surface area contributed by atoms with Gasteiger partial charge >= 0.3 is 0 Å². The summed E-state index contributed by atoms with van der Waals surface area (Å²) in [5.41, 5.74) is 1.80. The maximum Gasteiger partial charge on any atom is 0.259 e. The summed E-state index contributed by atoms with van der Waals surface area (Å²) in [7, 11) is 1.60. The summed E-state index contributed by atoms with van der Waals surface area (Å²) in [6.07, 6.45) is 3.15. The molecule has 3 heterocycles. The number of aryl methyl sites for hydroxylation is 1. The Labute approximate surface area is 191 Å². The van der Waals surface area contributed by atoms with Crippen LogP contribution in [0.5, 0.6) is 0 Å². The summed E-state index contributed by atoms with van der Waals surface area (Å²) in [4.78, 5) is 16.1. The molecule has 4 aromatic rings. The van der Waals surface area contributed by atoms with Gasteiger partial charge in [-0.3, -0.25) is 9.48 Å². The Balaban J connectivity index is 1.54. The Kier molecular flexibility index (Phi) is 5.18. The minimum atomic E-state index is -1.54. The molecule has 0 spiro atoms. The second kappa shape index (κ2) is 8.08. The zero-order valence-electron chi connectivity index (χ0n) is 18.1. The molecule has 0 unspecified atom stereocenters. The molecular weight excluding hydrogens is 452 g/mol. The van der Waals surface area contributed by atoms with Crippen molar-refractivity contribution in [2.75, 3.05) is 6.54 Å². The molecule has 34 heavy (non-hydrogen) atoms. The lowest BCUT2D eigenvalue weighted by atomic mass is 9.94. The molecule has 1 amide bonds. The van der Waals surface area contributed by atoms with Gasteiger partial charge in [-0.1, -0.05) is 6.07 Å². The van der Waals surface area contributed by atoms with Gasteiger partial charge in [-0.2, -0.15) is 20.1 Å². The fourth-order valence-electron chi connectivity index (χ4n) is 4.45. The Bertz CT molecular complexity index is 1390. The number of fused-ring (bicyclic) bond motifs is 1. The van der Waals surface area contributed by atoms with Crippen LogP contribution < -0.4 is 0 Å². The van der Waals surface area contributed by atoms with E-state index in [1.807, 2.05) is 0 Å². The third-order valence-corrected chi connectivity index (χ3v) is 6.00. The number of benzene rings is 2. The first-order valence-electron chi connectivity index (χ1n) is 10.4. The van der Waals surface area contributed by atoms with Crippen molar-refractivity contribution < 1.29 is 22.4 Å². The van der Waals surface area contributed by atoms with E-state index in [1.54, 1.807) is 20.0 Å². The van der Waals surface area contributed by atoms with Gasteiger partial charge in [-0.15, -0.1) is 0 Å². The topological polar surface area (TPSA) is 68.8 Å². The highest BCUT2D eigenvalue weighted by Crippen LogP contribution is 2.37. The van der Waals surface area contributed by atoms with Crippen LogP contribution in [0.4, 0.5) is 17.6 Å². The Morgan fingerprint density at radius 3 is 2.38 bits per heavy atom. The first-order valence-corrected chi connectivity index (χ1v) is 10.4. The largest absolute Gasteiger partial charge is 0.330 e. The number of rotatable bonds is 3. The molecule has 0 saturated heterocycles. The van der Waals surface area contributed by atoms with Crippen LogP contribution in [0.25, 0.3) is 16.9 Å². The lowest BCUT2D eigenvalue weighted by Gasteiger charge is -2.33. The molecule has 2 aromatic heterocycles. The van der Waals surface area contributed by atoms with Gasteiger partial charge in [0.25, 0.3) is 5.91 Å². The number of carbonyl (C=O) groups excluding carboxylic acids is 1. The van der Waals surface area contributed by atoms with Crippen molar-refractivity contribution in [3.8, 4) is 16.9 Å². The molecule has 0 radical (unpaired) electrons. The van der Waals surface area contributed by atoms with Crippen LogP contribution in [0.15, 0.2) is 42.7 Å². The molecule has 0 saturated carbocycles. The van der Waals surface area contributed by atoms with Crippen LogP contribution in [-0.2, 0) is 13.5 Å². The normalized spacial score (nSPS) is 15.5. The van der Waals surface area contributed by atoms with Crippen molar-refractivity contribution in [1.29, 1.82) is 0 Å². The van der Waals surface area contributed by atoms with Crippen LogP contribution in [0.3, 0.4) is 0 Å². The molecular formula is C23H18F4N6O. The van der Waals surface area contributed by atoms with Crippen molar-refractivity contribution in [1.82, 2.24) is 29.7 Å². The predicted molar refractivity (Wildman–Crippen MR) is 113 cm³/mol. The molecule has 1 aliphatic rings. The van der Waals surface area contributed by atoms with E-state index in [4.69, 9.17) is 0 Å². The van der Waals surface area contributed by atoms with Crippen LogP contribution in [0.2, 0.25) is 0 Å². The first kappa shape index (κ1) is 21.8. The summed E-state index contributed by atoms with van der Waals surface area (Å²) < 4.78 is 57.5. The third kappa shape index (κ3) is 3.35. The Morgan fingerprint density at radius 2 is 1.71 bits per heavy atom. The fraction of sp³-hybridized carbons (Fsp3) is 0.217. The van der Waals surface area contributed by atoms with Crippen LogP contribution in [-0.4, -0.2) is 42.1 Å². The summed E-state index contributed by atoms with van der Waals surface area (Å²) >= 11 is 0. The highest BCUT2D eigenvalue weighted by atomic mass is 19.2. The monoisotopic (exact) mass is 470 g/mol. The van der Waals surface area contributed by atoms with Gasteiger partial charge in [0.2, 0.25) is 0 Å². The van der Waals surface area contributed by atoms with Gasteiger partial charge in [-0.05, 0) is 37.6 Å². The SMILES string of the molecule is C[C@H]1c2nn(C)c(-c3cc(F)c(F)c(F)c3)c2CCN1C(=O)c1c(F)cccc1-n1nccn1. The number of amides is 1. The number of hydrogen-bond acceptors (Lipinski definition) is 4. The third-order valence-electron chi connectivity index (χ3n) is 6.00. The molecule has 1 atom stereocenters. The van der Waals surface area contributed by atoms with Gasteiger partial charge in [0.1, 0.15) is 17.1 Å². The number of nitrogens with zero attached hydrogens (tertiary/aromatic N) is 6. The number of aromatic nitrogens is 5. The smallest absolute Gasteiger partial charge is 0.259 e. The average Bonchev–Trinajstić information content (AvgIpc) is 3.45. The predicted octanol–water partition coefficient (Wildman–Crippen LogP) is 3.98. The summed E-state index contributed by atoms with van der Waals surface area (Å²) in [5.74, 6) is -5.42. The summed E-state index contributed by atoms with van der Waals surface area (Å²) in [6.45, 7) is 1.95. The standard InChI is InChI=1S/C23H18F4N6O/c1-12-21-14(22(31(2)30-21)13-10-16(25)20(27)17(26)11-13)6-9-32(12)23(34)19-15(24)4-3-5-18(19)33-28-7-8-29-33/h3-5,7-8,10-12H,6,9H2,1-2H3/t12-/m0/s1. The maximum atomic E-state index is 14.8. The van der Waals surface area contributed by atoms with Crippen LogP contribution in [0.1, 0.15) is 34.6 Å². The lowest BCUT2D eigenvalue weighted by molar-refractivity contribution is 0.0668. The second-order valence-corrected chi connectivity index (χ2v) is 7.97. The second-order valence-electron chi connectivity index (χ2n) is 7.97. The van der Waals surface area contributed by atoms with Crippen molar-refractivity contribution in [3.05, 3.63) is 82.8 Å². The van der Waals surface area contributed by atoms with Gasteiger partial charge in [0.15, 0.2) is 17.5 Å². The Hall–Kier alpha value is -4.02. The van der Waals surface area contributed by atoms with Gasteiger partial charge in [0.05, 0.1) is 29.8 Å². The van der Waals surface area contributed by atoms with E-state index in [1.165, 1.54) is 38.9 Å². The number of carbonyl (C=O) groups is 1. The number of hydrogen-bond donors (Lipinski definition) is 0. The van der Waals surface area contributed by atoms with Crippen LogP contribution >= 0.6 is 0 Å². The lowest BCUT2D eigenvalue weighted by Crippen LogP contribution is -2.39. The minimum absolute atomic E-state index is 0.140. The van der Waals surface area contributed by atoms with E-state index in [2.05, 4.69) is 15.3 Å². The van der Waals surface area contributed by atoms with Crippen LogP contribution in [0, 0.1) is 23.3 Å². The molecule has 11 heteroatoms. The molecule has 0 bridgehead atoms. The van der Waals surface area contributed by atoms with Gasteiger partial charge in [0, 0.05) is 24.7 Å². The molecule has 0 fully saturated rings. The average molecular weight is 470 g/mol. The van der Waals surface area contributed by atoms with E-state index in [9.17, 15) is 22.4 Å². The maximum absolute atomic E-state index is 14.8. The van der Waals surface area contributed by atoms with E-state index < -0.39 is 35.2 Å². The quantitative estimate of drug-likeness (QED) is 0.336. The summed E-state index contributed by atoms with van der Waals surface area (Å²) in [5, 5.41) is 12.5. The van der Waals surface area contributed by atoms with Crippen molar-refractivity contribution >= 4 is 5.91 Å². The zero-order chi connectivity index (χ0) is 24.1. The molecule has 2 aromatic carbocycles. The van der Waals surface area contributed by atoms with Gasteiger partial charge in [-0.25, -0.2) is 17.6 Å². The molecule has 174 valence electrons. The van der Waals surface area contributed by atoms with E-state index in [0.717, 1.165) is 12.1 Å². The minimum Gasteiger partial charge on any atom is -0.330 e. The van der Waals surface area contributed by atoms with Gasteiger partial charge < -0.3 is 4.90 Å². The summed E-state index contributed by atoms with van der Waals surface area (Å²) in [6, 6.07) is 5.48. The first-order chi connectivity index (χ1) is 16.3. The van der Waals surface area contributed by atoms with Crippen molar-refractivity contribution in [2.45, 2.75) is 19.4 Å². The number of halogens is 4. The molecule has 1 aliphatic heterocycles. The molecule has 0 N–H and O–H groups in total. The van der Waals surface area contributed by atoms with Crippen molar-refractivity contribution in [3.63, 3.8) is 0 Å².